The van der Waals surface area contributed by atoms with Gasteiger partial charge in [0.05, 0.1) is 16.0 Å². The average molecular weight is 460 g/mol. The molecular weight excluding hydrogens is 439 g/mol. The fourth-order valence-corrected chi connectivity index (χ4v) is 5.04. The van der Waals surface area contributed by atoms with Gasteiger partial charge < -0.3 is 10.2 Å². The molecule has 1 fully saturated rings. The van der Waals surface area contributed by atoms with Crippen LogP contribution in [-0.4, -0.2) is 38.1 Å². The highest BCUT2D eigenvalue weighted by atomic mass is 35.5. The van der Waals surface area contributed by atoms with Crippen LogP contribution in [0.15, 0.2) is 59.6 Å². The Morgan fingerprint density at radius 2 is 1.77 bits per heavy atom. The van der Waals surface area contributed by atoms with Gasteiger partial charge in [0.25, 0.3) is 10.0 Å². The zero-order valence-electron chi connectivity index (χ0n) is 16.1. The molecule has 0 aliphatic carbocycles. The highest BCUT2D eigenvalue weighted by Crippen LogP contribution is 2.32. The Bertz CT molecular complexity index is 1140. The lowest BCUT2D eigenvalue weighted by Crippen LogP contribution is -2.49. The summed E-state index contributed by atoms with van der Waals surface area (Å²) >= 11 is 0. The minimum absolute atomic E-state index is 0. The molecule has 1 unspecified atom stereocenters. The van der Waals surface area contributed by atoms with Gasteiger partial charge in [-0.15, -0.1) is 12.4 Å². The Kier molecular flexibility index (Phi) is 6.08. The molecule has 4 rings (SSSR count). The number of hydrogen-bond acceptors (Lipinski definition) is 4. The molecule has 5 nitrogen and oxygen atoms in total. The molecule has 0 radical (unpaired) electrons. The smallest absolute Gasteiger partial charge is 0.368 e. The number of alkyl halides is 3. The number of anilines is 1. The Morgan fingerprint density at radius 1 is 1.07 bits per heavy atom. The van der Waals surface area contributed by atoms with Gasteiger partial charge in [0.15, 0.2) is 0 Å². The SMILES string of the molecule is CC1CN(c2cccc3c2ccn3S(=O)(=O)c2ccc(C(F)(F)F)cc2)CCN1.Cl. The Hall–Kier alpha value is -2.23. The summed E-state index contributed by atoms with van der Waals surface area (Å²) in [4.78, 5) is 2.02. The summed E-state index contributed by atoms with van der Waals surface area (Å²) < 4.78 is 65.6. The summed E-state index contributed by atoms with van der Waals surface area (Å²) in [6, 6.07) is 11.1. The third-order valence-corrected chi connectivity index (χ3v) is 6.83. The number of hydrogen-bond donors (Lipinski definition) is 1. The first kappa shape index (κ1) is 22.5. The quantitative estimate of drug-likeness (QED) is 0.640. The van der Waals surface area contributed by atoms with E-state index in [1.165, 1.54) is 6.20 Å². The van der Waals surface area contributed by atoms with E-state index in [1.54, 1.807) is 18.2 Å². The molecule has 10 heteroatoms. The van der Waals surface area contributed by atoms with E-state index in [2.05, 4.69) is 17.1 Å². The number of nitrogens with zero attached hydrogens (tertiary/aromatic N) is 2. The van der Waals surface area contributed by atoms with Crippen LogP contribution in [0.2, 0.25) is 0 Å². The van der Waals surface area contributed by atoms with E-state index >= 15 is 0 Å². The van der Waals surface area contributed by atoms with Crippen LogP contribution < -0.4 is 10.2 Å². The zero-order valence-corrected chi connectivity index (χ0v) is 17.7. The minimum Gasteiger partial charge on any atom is -0.368 e. The molecule has 162 valence electrons. The van der Waals surface area contributed by atoms with Gasteiger partial charge in [-0.25, -0.2) is 12.4 Å². The van der Waals surface area contributed by atoms with E-state index in [0.717, 1.165) is 58.9 Å². The molecule has 0 bridgehead atoms. The highest BCUT2D eigenvalue weighted by Gasteiger charge is 2.31. The first-order valence-corrected chi connectivity index (χ1v) is 10.6. The summed E-state index contributed by atoms with van der Waals surface area (Å²) in [6.45, 7) is 4.53. The van der Waals surface area contributed by atoms with Crippen LogP contribution in [0, 0.1) is 0 Å². The number of fused-ring (bicyclic) bond motifs is 1. The van der Waals surface area contributed by atoms with Crippen molar-refractivity contribution < 1.29 is 21.6 Å². The fourth-order valence-electron chi connectivity index (χ4n) is 3.69. The van der Waals surface area contributed by atoms with Crippen molar-refractivity contribution in [3.63, 3.8) is 0 Å². The molecule has 1 atom stereocenters. The molecule has 3 aromatic rings. The molecule has 2 aromatic carbocycles. The highest BCUT2D eigenvalue weighted by molar-refractivity contribution is 7.90. The van der Waals surface area contributed by atoms with Gasteiger partial charge in [0.2, 0.25) is 0 Å². The second kappa shape index (κ2) is 8.13. The van der Waals surface area contributed by atoms with E-state index in [0.29, 0.717) is 11.6 Å². The molecule has 0 amide bonds. The lowest BCUT2D eigenvalue weighted by atomic mass is 10.1. The molecule has 1 aliphatic heterocycles. The van der Waals surface area contributed by atoms with Crippen molar-refractivity contribution in [3.8, 4) is 0 Å². The van der Waals surface area contributed by atoms with Crippen LogP contribution in [-0.2, 0) is 16.2 Å². The third kappa shape index (κ3) is 4.01. The van der Waals surface area contributed by atoms with Gasteiger partial charge in [0, 0.05) is 42.9 Å². The number of rotatable bonds is 3. The molecule has 1 aliphatic rings. The number of nitrogens with one attached hydrogen (secondary N) is 1. The van der Waals surface area contributed by atoms with E-state index in [1.807, 2.05) is 6.07 Å². The monoisotopic (exact) mass is 459 g/mol. The minimum atomic E-state index is -4.52. The van der Waals surface area contributed by atoms with Crippen molar-refractivity contribution in [2.24, 2.45) is 0 Å². The van der Waals surface area contributed by atoms with Gasteiger partial charge in [-0.2, -0.15) is 13.2 Å². The van der Waals surface area contributed by atoms with Gasteiger partial charge in [-0.1, -0.05) is 6.07 Å². The van der Waals surface area contributed by atoms with Gasteiger partial charge in [0.1, 0.15) is 0 Å². The van der Waals surface area contributed by atoms with E-state index in [4.69, 9.17) is 0 Å². The van der Waals surface area contributed by atoms with Crippen LogP contribution in [0.1, 0.15) is 12.5 Å². The van der Waals surface area contributed by atoms with E-state index < -0.39 is 21.8 Å². The predicted octanol–water partition coefficient (Wildman–Crippen LogP) is 4.12. The average Bonchev–Trinajstić information content (AvgIpc) is 3.12. The van der Waals surface area contributed by atoms with Gasteiger partial charge >= 0.3 is 6.18 Å². The second-order valence-corrected chi connectivity index (χ2v) is 8.96. The maximum Gasteiger partial charge on any atom is 0.416 e. The molecule has 2 heterocycles. The van der Waals surface area contributed by atoms with Crippen molar-refractivity contribution in [1.82, 2.24) is 9.29 Å². The van der Waals surface area contributed by atoms with Gasteiger partial charge in [-0.3, -0.25) is 0 Å². The largest absolute Gasteiger partial charge is 0.416 e. The maximum atomic E-state index is 13.1. The molecule has 0 saturated carbocycles. The molecule has 1 N–H and O–H groups in total. The topological polar surface area (TPSA) is 54.3 Å². The first-order valence-electron chi connectivity index (χ1n) is 9.19. The second-order valence-electron chi connectivity index (χ2n) is 7.15. The summed E-state index contributed by atoms with van der Waals surface area (Å²) in [5.74, 6) is 0. The molecule has 0 spiro atoms. The number of piperazine rings is 1. The van der Waals surface area contributed by atoms with Crippen molar-refractivity contribution in [1.29, 1.82) is 0 Å². The van der Waals surface area contributed by atoms with Crippen LogP contribution >= 0.6 is 12.4 Å². The summed E-state index contributed by atoms with van der Waals surface area (Å²) in [6.07, 6.45) is -3.06. The normalized spacial score (nSPS) is 17.7. The lowest BCUT2D eigenvalue weighted by Gasteiger charge is -2.34. The fraction of sp³-hybridized carbons (Fsp3) is 0.300. The van der Waals surface area contributed by atoms with Crippen molar-refractivity contribution in [2.45, 2.75) is 24.0 Å². The Balaban J connectivity index is 0.00000256. The van der Waals surface area contributed by atoms with Crippen molar-refractivity contribution in [3.05, 3.63) is 60.3 Å². The third-order valence-electron chi connectivity index (χ3n) is 5.12. The zero-order chi connectivity index (χ0) is 20.8. The number of aromatic nitrogens is 1. The molecular formula is C20H21ClF3N3O2S. The van der Waals surface area contributed by atoms with Crippen LogP contribution in [0.3, 0.4) is 0 Å². The number of halogens is 4. The molecule has 1 aromatic heterocycles. The summed E-state index contributed by atoms with van der Waals surface area (Å²) in [5, 5.41) is 4.16. The maximum absolute atomic E-state index is 13.1. The Labute approximate surface area is 178 Å². The van der Waals surface area contributed by atoms with Crippen LogP contribution in [0.4, 0.5) is 18.9 Å². The van der Waals surface area contributed by atoms with Crippen molar-refractivity contribution in [2.75, 3.05) is 24.5 Å². The predicted molar refractivity (Wildman–Crippen MR) is 113 cm³/mol. The van der Waals surface area contributed by atoms with E-state index in [-0.39, 0.29) is 17.3 Å². The Morgan fingerprint density at radius 3 is 2.40 bits per heavy atom. The van der Waals surface area contributed by atoms with Crippen LogP contribution in [0.5, 0.6) is 0 Å². The lowest BCUT2D eigenvalue weighted by molar-refractivity contribution is -0.137. The molecule has 1 saturated heterocycles. The first-order chi connectivity index (χ1) is 13.7. The number of benzene rings is 2. The van der Waals surface area contributed by atoms with E-state index in [9.17, 15) is 21.6 Å². The standard InChI is InChI=1S/C20H20F3N3O2S.ClH/c1-14-13-25(12-10-24-14)18-3-2-4-19-17(18)9-11-26(19)29(27,28)16-7-5-15(6-8-16)20(21,22)23;/h2-9,11,14,24H,10,12-13H2,1H3;1H. The molecule has 30 heavy (non-hydrogen) atoms. The van der Waals surface area contributed by atoms with Crippen molar-refractivity contribution >= 4 is 39.0 Å². The summed E-state index contributed by atoms with van der Waals surface area (Å²) in [7, 11) is -4.02. The van der Waals surface area contributed by atoms with Crippen LogP contribution in [0.25, 0.3) is 10.9 Å². The summed E-state index contributed by atoms with van der Waals surface area (Å²) in [5.41, 5.74) is 0.551. The van der Waals surface area contributed by atoms with Gasteiger partial charge in [-0.05, 0) is 49.4 Å².